The molecule has 0 heterocycles. The Morgan fingerprint density at radius 3 is 1.58 bits per heavy atom. The van der Waals surface area contributed by atoms with Crippen molar-refractivity contribution in [2.24, 2.45) is 23.3 Å². The highest BCUT2D eigenvalue weighted by Crippen LogP contribution is 2.13. The first-order valence-corrected chi connectivity index (χ1v) is 24.4. The number of benzene rings is 1. The summed E-state index contributed by atoms with van der Waals surface area (Å²) in [6, 6.07) is -8.63. The number of primary amides is 1. The summed E-state index contributed by atoms with van der Waals surface area (Å²) in [7, 11) is 0. The highest BCUT2D eigenvalue weighted by molar-refractivity contribution is 5.99. The first kappa shape index (κ1) is 67.0. The van der Waals surface area contributed by atoms with Gasteiger partial charge in [0.05, 0.1) is 31.7 Å². The maximum atomic E-state index is 13.8. The molecule has 0 bridgehead atoms. The number of aliphatic hydroxyl groups is 2. The van der Waals surface area contributed by atoms with Crippen LogP contribution in [0.5, 0.6) is 5.75 Å². The molecule has 1 rings (SSSR count). The molecule has 19 N–H and O–H groups in total. The Kier molecular flexibility index (Phi) is 28.8. The molecule has 30 nitrogen and oxygen atoms in total. The molecule has 77 heavy (non-hydrogen) atoms. The number of aliphatic carboxylic acids is 3. The number of hydrogen-bond acceptors (Lipinski definition) is 17. The number of nitrogens with one attached hydrogen (secondary N) is 9. The van der Waals surface area contributed by atoms with Crippen LogP contribution in [0.3, 0.4) is 0 Å². The molecule has 0 saturated heterocycles. The lowest BCUT2D eigenvalue weighted by Crippen LogP contribution is -2.62. The third kappa shape index (κ3) is 24.9. The van der Waals surface area contributed by atoms with Crippen molar-refractivity contribution in [1.82, 2.24) is 47.9 Å². The number of nitrogens with two attached hydrogens (primary N) is 2. The van der Waals surface area contributed by atoms with E-state index in [2.05, 4.69) is 47.9 Å². The van der Waals surface area contributed by atoms with Crippen LogP contribution in [0.2, 0.25) is 0 Å². The number of phenols is 1. The van der Waals surface area contributed by atoms with Crippen molar-refractivity contribution in [3.05, 3.63) is 29.8 Å². The van der Waals surface area contributed by atoms with Gasteiger partial charge < -0.3 is 90.0 Å². The Labute approximate surface area is 442 Å². The molecule has 0 unspecified atom stereocenters. The largest absolute Gasteiger partial charge is 0.508 e. The van der Waals surface area contributed by atoms with Gasteiger partial charge in [-0.2, -0.15) is 0 Å². The second-order valence-electron chi connectivity index (χ2n) is 18.6. The van der Waals surface area contributed by atoms with E-state index in [0.29, 0.717) is 5.56 Å². The van der Waals surface area contributed by atoms with E-state index in [-0.39, 0.29) is 30.9 Å². The zero-order valence-electron chi connectivity index (χ0n) is 43.5. The fraction of sp³-hybridized carbons (Fsp3) is 0.596. The minimum Gasteiger partial charge on any atom is -0.508 e. The first-order chi connectivity index (χ1) is 35.9. The van der Waals surface area contributed by atoms with Gasteiger partial charge in [-0.1, -0.05) is 46.2 Å². The zero-order chi connectivity index (χ0) is 58.9. The van der Waals surface area contributed by atoms with Gasteiger partial charge >= 0.3 is 17.9 Å². The predicted molar refractivity (Wildman–Crippen MR) is 267 cm³/mol. The summed E-state index contributed by atoms with van der Waals surface area (Å²) < 4.78 is 0. The van der Waals surface area contributed by atoms with E-state index >= 15 is 0 Å². The van der Waals surface area contributed by atoms with Crippen LogP contribution in [0.15, 0.2) is 24.3 Å². The zero-order valence-corrected chi connectivity index (χ0v) is 43.5. The number of rotatable bonds is 35. The molecule has 0 aromatic heterocycles. The molecule has 1 aromatic rings. The topological polar surface area (TPSA) is 504 Å². The Hall–Kier alpha value is -7.99. The average molecular weight is 1100 g/mol. The third-order valence-electron chi connectivity index (χ3n) is 11.5. The third-order valence-corrected chi connectivity index (χ3v) is 11.5. The molecule has 10 amide bonds. The van der Waals surface area contributed by atoms with Gasteiger partial charge in [-0.3, -0.25) is 57.5 Å². The molecule has 11 atom stereocenters. The van der Waals surface area contributed by atoms with Crippen LogP contribution in [0, 0.1) is 11.8 Å². The normalized spacial score (nSPS) is 15.3. The van der Waals surface area contributed by atoms with Gasteiger partial charge in [0, 0.05) is 12.8 Å². The van der Waals surface area contributed by atoms with Crippen molar-refractivity contribution in [3.63, 3.8) is 0 Å². The Bertz CT molecular complexity index is 2260. The minimum atomic E-state index is -1.96. The summed E-state index contributed by atoms with van der Waals surface area (Å²) in [6.45, 7) is 6.76. The molecule has 30 heteroatoms. The summed E-state index contributed by atoms with van der Waals surface area (Å²) in [5.41, 5.74) is 11.9. The molecule has 0 aliphatic rings. The fourth-order valence-corrected chi connectivity index (χ4v) is 6.97. The predicted octanol–water partition coefficient (Wildman–Crippen LogP) is -5.57. The summed E-state index contributed by atoms with van der Waals surface area (Å²) in [4.78, 5) is 166. The second-order valence-corrected chi connectivity index (χ2v) is 18.6. The lowest BCUT2D eigenvalue weighted by Gasteiger charge is -2.29. The fourth-order valence-electron chi connectivity index (χ4n) is 6.97. The second kappa shape index (κ2) is 33.1. The molecule has 430 valence electrons. The molecule has 0 aliphatic heterocycles. The van der Waals surface area contributed by atoms with E-state index in [1.54, 1.807) is 20.8 Å². The van der Waals surface area contributed by atoms with Gasteiger partial charge in [0.25, 0.3) is 0 Å². The molecule has 1 aromatic carbocycles. The summed E-state index contributed by atoms with van der Waals surface area (Å²) in [6.07, 6.45) is -4.90. The van der Waals surface area contributed by atoms with Gasteiger partial charge in [-0.05, 0) is 69.1 Å². The molecule has 0 saturated carbocycles. The van der Waals surface area contributed by atoms with Crippen LogP contribution in [0.1, 0.15) is 92.1 Å². The molecular formula is C47H73N11O19. The standard InChI is InChI=1S/C47H73N11O19/c1-7-22(4)37(45(74)53-28(12-14-33(49)62)43(72)58-38(24(6)60)46(75)54-30(18-36(66)67)44(73)55-31(47(76)77)16-21(2)3)57-34(63)19-50-41(70)32(20-59)56-42(71)29(13-15-35(64)65)52-39(68)23(5)51-40(69)27(48)17-25-8-10-26(61)11-9-25/h8-11,21-24,27-32,37-38,59-61H,7,12-20,48H2,1-6H3,(H2,49,62)(H,50,70)(H,51,69)(H,52,68)(H,53,74)(H,54,75)(H,55,73)(H,56,71)(H,57,63)(H,58,72)(H,64,65)(H,66,67)(H,76,77)/t22-,23-,24+,27-,28-,29-,30-,31-,32-,37-,38-/m0/s1. The van der Waals surface area contributed by atoms with E-state index in [4.69, 9.17) is 11.5 Å². The van der Waals surface area contributed by atoms with Crippen LogP contribution in [0.4, 0.5) is 0 Å². The maximum absolute atomic E-state index is 13.8. The van der Waals surface area contributed by atoms with Gasteiger partial charge in [0.1, 0.15) is 54.1 Å². The van der Waals surface area contributed by atoms with Crippen molar-refractivity contribution in [2.75, 3.05) is 13.2 Å². The maximum Gasteiger partial charge on any atom is 0.326 e. The smallest absolute Gasteiger partial charge is 0.326 e. The first-order valence-electron chi connectivity index (χ1n) is 24.4. The number of carboxylic acid groups (broad SMARTS) is 3. The van der Waals surface area contributed by atoms with Crippen LogP contribution in [-0.4, -0.2) is 181 Å². The number of phenolic OH excluding ortho intramolecular Hbond substituents is 1. The van der Waals surface area contributed by atoms with Crippen LogP contribution >= 0.6 is 0 Å². The van der Waals surface area contributed by atoms with E-state index in [9.17, 15) is 93.0 Å². The molecule has 0 fully saturated rings. The summed E-state index contributed by atoms with van der Waals surface area (Å²) in [5, 5.41) is 78.4. The van der Waals surface area contributed by atoms with Crippen molar-refractivity contribution < 1.29 is 93.0 Å². The van der Waals surface area contributed by atoms with Gasteiger partial charge in [0.2, 0.25) is 59.1 Å². The van der Waals surface area contributed by atoms with E-state index in [1.165, 1.54) is 38.1 Å². The number of carbonyl (C=O) groups is 13. The molecule has 0 aliphatic carbocycles. The molecular weight excluding hydrogens is 1020 g/mol. The molecule has 0 spiro atoms. The number of hydrogen-bond donors (Lipinski definition) is 17. The Balaban J connectivity index is 3.16. The number of aromatic hydroxyl groups is 1. The monoisotopic (exact) mass is 1100 g/mol. The van der Waals surface area contributed by atoms with Crippen LogP contribution < -0.4 is 59.3 Å². The Morgan fingerprint density at radius 2 is 1.08 bits per heavy atom. The van der Waals surface area contributed by atoms with Crippen molar-refractivity contribution in [2.45, 2.75) is 153 Å². The van der Waals surface area contributed by atoms with Gasteiger partial charge in [-0.25, -0.2) is 4.79 Å². The number of carbonyl (C=O) groups excluding carboxylic acids is 10. The lowest BCUT2D eigenvalue weighted by atomic mass is 9.97. The minimum absolute atomic E-state index is 0.0128. The summed E-state index contributed by atoms with van der Waals surface area (Å²) >= 11 is 0. The Morgan fingerprint density at radius 1 is 0.571 bits per heavy atom. The van der Waals surface area contributed by atoms with E-state index in [1.807, 2.05) is 0 Å². The SMILES string of the molecule is CC[C@H](C)[C@H](NC(=O)CNC(=O)[C@H](CO)NC(=O)[C@H](CCC(=O)O)NC(=O)[C@H](C)NC(=O)[C@@H](N)Cc1ccc(O)cc1)C(=O)N[C@@H](CCC(N)=O)C(=O)N[C@H](C(=O)N[C@@H](CC(=O)O)C(=O)N[C@@H](CC(C)C)C(=O)O)[C@@H](C)O. The van der Waals surface area contributed by atoms with Crippen molar-refractivity contribution >= 4 is 77.0 Å². The van der Waals surface area contributed by atoms with Gasteiger partial charge in [-0.15, -0.1) is 0 Å². The van der Waals surface area contributed by atoms with Crippen LogP contribution in [0.25, 0.3) is 0 Å². The highest BCUT2D eigenvalue weighted by Gasteiger charge is 2.37. The van der Waals surface area contributed by atoms with E-state index in [0.717, 1.165) is 6.92 Å². The highest BCUT2D eigenvalue weighted by atomic mass is 16.4. The van der Waals surface area contributed by atoms with Gasteiger partial charge in [0.15, 0.2) is 0 Å². The summed E-state index contributed by atoms with van der Waals surface area (Å²) in [5.74, 6) is -16.2. The number of amides is 10. The average Bonchev–Trinajstić information content (AvgIpc) is 3.34. The lowest BCUT2D eigenvalue weighted by molar-refractivity contribution is -0.144. The molecule has 0 radical (unpaired) electrons. The van der Waals surface area contributed by atoms with Crippen molar-refractivity contribution in [3.8, 4) is 5.75 Å². The van der Waals surface area contributed by atoms with Crippen molar-refractivity contribution in [1.29, 1.82) is 0 Å². The number of carboxylic acids is 3. The van der Waals surface area contributed by atoms with E-state index < -0.39 is 189 Å². The number of aliphatic hydroxyl groups excluding tert-OH is 2. The quantitative estimate of drug-likeness (QED) is 0.0301. The van der Waals surface area contributed by atoms with Crippen LogP contribution in [-0.2, 0) is 68.7 Å².